The van der Waals surface area contributed by atoms with E-state index in [0.717, 1.165) is 16.4 Å². The topological polar surface area (TPSA) is 73.2 Å². The van der Waals surface area contributed by atoms with Gasteiger partial charge in [-0.1, -0.05) is 0 Å². The van der Waals surface area contributed by atoms with Crippen LogP contribution in [0.1, 0.15) is 17.5 Å². The summed E-state index contributed by atoms with van der Waals surface area (Å²) in [4.78, 5) is -0.313. The molecule has 2 rings (SSSR count). The molecule has 0 aromatic heterocycles. The number of halogens is 4. The molecule has 10 heteroatoms. The Labute approximate surface area is 138 Å². The molecular weight excluding hydrogens is 355 g/mol. The van der Waals surface area contributed by atoms with E-state index in [-0.39, 0.29) is 23.3 Å². The van der Waals surface area contributed by atoms with Crippen LogP contribution in [0.2, 0.25) is 0 Å². The summed E-state index contributed by atoms with van der Waals surface area (Å²) in [6, 6.07) is 3.45. The predicted octanol–water partition coefficient (Wildman–Crippen LogP) is 1.98. The molecule has 0 amide bonds. The molecule has 1 fully saturated rings. The summed E-state index contributed by atoms with van der Waals surface area (Å²) in [7, 11) is -2.56. The lowest BCUT2D eigenvalue weighted by molar-refractivity contribution is -0.137. The van der Waals surface area contributed by atoms with E-state index >= 15 is 0 Å². The van der Waals surface area contributed by atoms with Crippen LogP contribution < -0.4 is 5.32 Å². The van der Waals surface area contributed by atoms with Crippen LogP contribution in [0, 0.1) is 11.3 Å². The fraction of sp³-hybridized carbons (Fsp3) is 0.462. The minimum atomic E-state index is -4.70. The van der Waals surface area contributed by atoms with Gasteiger partial charge in [0.25, 0.3) is 0 Å². The Morgan fingerprint density at radius 2 is 2.04 bits per heavy atom. The van der Waals surface area contributed by atoms with Crippen molar-refractivity contribution in [2.24, 2.45) is 0 Å². The fourth-order valence-corrected chi connectivity index (χ4v) is 3.75. The highest BCUT2D eigenvalue weighted by atomic mass is 35.5. The highest BCUT2D eigenvalue weighted by molar-refractivity contribution is 7.89. The zero-order chi connectivity index (χ0) is 16.5. The number of sulfonamides is 1. The first-order valence-electron chi connectivity index (χ1n) is 6.48. The molecule has 1 aliphatic rings. The van der Waals surface area contributed by atoms with E-state index in [4.69, 9.17) is 5.26 Å². The number of likely N-dealkylation sites (N-methyl/N-ethyl adjacent to an activating group) is 1. The molecule has 0 aliphatic carbocycles. The lowest BCUT2D eigenvalue weighted by Crippen LogP contribution is -2.38. The number of nitrogens with zero attached hydrogens (tertiary/aromatic N) is 2. The van der Waals surface area contributed by atoms with Crippen molar-refractivity contribution in [1.82, 2.24) is 9.62 Å². The molecule has 5 nitrogen and oxygen atoms in total. The van der Waals surface area contributed by atoms with Gasteiger partial charge < -0.3 is 5.32 Å². The molecule has 0 saturated carbocycles. The first-order valence-corrected chi connectivity index (χ1v) is 7.92. The second kappa shape index (κ2) is 7.05. The Morgan fingerprint density at radius 1 is 1.39 bits per heavy atom. The second-order valence-corrected chi connectivity index (χ2v) is 6.98. The number of nitriles is 1. The summed E-state index contributed by atoms with van der Waals surface area (Å²) in [5.41, 5.74) is -1.84. The maximum atomic E-state index is 12.7. The molecule has 1 N–H and O–H groups in total. The molecule has 0 radical (unpaired) electrons. The third-order valence-electron chi connectivity index (χ3n) is 3.64. The third kappa shape index (κ3) is 3.95. The molecule has 128 valence electrons. The molecule has 1 aliphatic heterocycles. The van der Waals surface area contributed by atoms with Crippen molar-refractivity contribution in [2.45, 2.75) is 23.5 Å². The highest BCUT2D eigenvalue weighted by Gasteiger charge is 2.35. The summed E-state index contributed by atoms with van der Waals surface area (Å²) < 4.78 is 64.3. The molecular formula is C13H15ClF3N3O2S. The summed E-state index contributed by atoms with van der Waals surface area (Å²) in [5.74, 6) is 0. The molecule has 1 saturated heterocycles. The summed E-state index contributed by atoms with van der Waals surface area (Å²) >= 11 is 0. The van der Waals surface area contributed by atoms with Crippen LogP contribution in [0.3, 0.4) is 0 Å². The minimum absolute atomic E-state index is 0. The van der Waals surface area contributed by atoms with E-state index in [9.17, 15) is 21.6 Å². The molecule has 1 unspecified atom stereocenters. The van der Waals surface area contributed by atoms with Gasteiger partial charge in [0.15, 0.2) is 0 Å². The standard InChI is InChI=1S/C13H14F3N3O2S.ClH/c1-19(10-4-5-18-8-10)22(20,21)11-2-3-12(13(14,15)16)9(6-11)7-17;/h2-3,6,10,18H,4-5,8H2,1H3;1H. The van der Waals surface area contributed by atoms with Crippen molar-refractivity contribution in [2.75, 3.05) is 20.1 Å². The molecule has 0 bridgehead atoms. The van der Waals surface area contributed by atoms with Crippen molar-refractivity contribution < 1.29 is 21.6 Å². The summed E-state index contributed by atoms with van der Waals surface area (Å²) in [5, 5.41) is 11.9. The van der Waals surface area contributed by atoms with E-state index in [1.807, 2.05) is 0 Å². The number of benzene rings is 1. The Kier molecular flexibility index (Phi) is 6.04. The van der Waals surface area contributed by atoms with E-state index in [1.165, 1.54) is 13.1 Å². The largest absolute Gasteiger partial charge is 0.417 e. The maximum absolute atomic E-state index is 12.7. The van der Waals surface area contributed by atoms with Crippen molar-refractivity contribution in [3.8, 4) is 6.07 Å². The summed E-state index contributed by atoms with van der Waals surface area (Å²) in [6.45, 7) is 1.17. The number of hydrogen-bond acceptors (Lipinski definition) is 4. The van der Waals surface area contributed by atoms with Crippen LogP contribution in [0.15, 0.2) is 23.1 Å². The van der Waals surface area contributed by atoms with Gasteiger partial charge in [0, 0.05) is 19.6 Å². The molecule has 0 spiro atoms. The van der Waals surface area contributed by atoms with Gasteiger partial charge in [-0.2, -0.15) is 22.7 Å². The van der Waals surface area contributed by atoms with Crippen molar-refractivity contribution >= 4 is 22.4 Å². The SMILES string of the molecule is CN(C1CCNC1)S(=O)(=O)c1ccc(C(F)(F)F)c(C#N)c1.Cl. The van der Waals surface area contributed by atoms with Gasteiger partial charge in [0.05, 0.1) is 22.1 Å². The quantitative estimate of drug-likeness (QED) is 0.884. The lowest BCUT2D eigenvalue weighted by atomic mass is 10.1. The van der Waals surface area contributed by atoms with E-state index in [1.54, 1.807) is 0 Å². The smallest absolute Gasteiger partial charge is 0.315 e. The van der Waals surface area contributed by atoms with Gasteiger partial charge in [0.1, 0.15) is 0 Å². The summed E-state index contributed by atoms with van der Waals surface area (Å²) in [6.07, 6.45) is -4.07. The number of hydrogen-bond donors (Lipinski definition) is 1. The van der Waals surface area contributed by atoms with Gasteiger partial charge in [-0.25, -0.2) is 8.42 Å². The normalized spacial score (nSPS) is 18.5. The van der Waals surface area contributed by atoms with Gasteiger partial charge in [-0.3, -0.25) is 0 Å². The maximum Gasteiger partial charge on any atom is 0.417 e. The fourth-order valence-electron chi connectivity index (χ4n) is 2.34. The lowest BCUT2D eigenvalue weighted by Gasteiger charge is -2.23. The Bertz CT molecular complexity index is 710. The third-order valence-corrected chi connectivity index (χ3v) is 5.55. The van der Waals surface area contributed by atoms with E-state index < -0.39 is 27.3 Å². The van der Waals surface area contributed by atoms with Crippen molar-refractivity contribution in [3.05, 3.63) is 29.3 Å². The van der Waals surface area contributed by atoms with E-state index in [2.05, 4.69) is 5.32 Å². The number of rotatable bonds is 3. The zero-order valence-corrected chi connectivity index (χ0v) is 13.7. The highest BCUT2D eigenvalue weighted by Crippen LogP contribution is 2.33. The van der Waals surface area contributed by atoms with Gasteiger partial charge >= 0.3 is 6.18 Å². The Hall–Kier alpha value is -1.34. The van der Waals surface area contributed by atoms with E-state index in [0.29, 0.717) is 25.6 Å². The average molecular weight is 370 g/mol. The van der Waals surface area contributed by atoms with Gasteiger partial charge in [0.2, 0.25) is 10.0 Å². The molecule has 23 heavy (non-hydrogen) atoms. The number of alkyl halides is 3. The van der Waals surface area contributed by atoms with Crippen LogP contribution >= 0.6 is 12.4 Å². The molecule has 1 aromatic rings. The Morgan fingerprint density at radius 3 is 2.52 bits per heavy atom. The Balaban J connectivity index is 0.00000264. The van der Waals surface area contributed by atoms with Crippen molar-refractivity contribution in [1.29, 1.82) is 5.26 Å². The van der Waals surface area contributed by atoms with Crippen molar-refractivity contribution in [3.63, 3.8) is 0 Å². The number of nitrogens with one attached hydrogen (secondary N) is 1. The monoisotopic (exact) mass is 369 g/mol. The van der Waals surface area contributed by atoms with Gasteiger partial charge in [-0.05, 0) is 31.2 Å². The second-order valence-electron chi connectivity index (χ2n) is 4.98. The first kappa shape index (κ1) is 19.7. The van der Waals surface area contributed by atoms with Crippen LogP contribution in [0.5, 0.6) is 0 Å². The molecule has 1 aromatic carbocycles. The van der Waals surface area contributed by atoms with Crippen LogP contribution in [-0.2, 0) is 16.2 Å². The minimum Gasteiger partial charge on any atom is -0.315 e. The predicted molar refractivity (Wildman–Crippen MR) is 79.6 cm³/mol. The van der Waals surface area contributed by atoms with Gasteiger partial charge in [-0.15, -0.1) is 12.4 Å². The first-order chi connectivity index (χ1) is 10.2. The molecule has 1 heterocycles. The zero-order valence-electron chi connectivity index (χ0n) is 12.1. The van der Waals surface area contributed by atoms with Crippen LogP contribution in [0.4, 0.5) is 13.2 Å². The van der Waals surface area contributed by atoms with Crippen LogP contribution in [-0.4, -0.2) is 38.9 Å². The van der Waals surface area contributed by atoms with Crippen LogP contribution in [0.25, 0.3) is 0 Å². The molecule has 1 atom stereocenters. The average Bonchev–Trinajstić information content (AvgIpc) is 2.98.